The van der Waals surface area contributed by atoms with Gasteiger partial charge in [-0.15, -0.1) is 0 Å². The molecule has 9 nitrogen and oxygen atoms in total. The van der Waals surface area contributed by atoms with E-state index in [0.29, 0.717) is 17.9 Å². The number of aromatic nitrogens is 3. The molecule has 3 aromatic rings. The average molecular weight is 436 g/mol. The van der Waals surface area contributed by atoms with Crippen LogP contribution in [0, 0.1) is 13.8 Å². The van der Waals surface area contributed by atoms with Crippen molar-refractivity contribution in [2.75, 3.05) is 38.0 Å². The van der Waals surface area contributed by atoms with Gasteiger partial charge in [0.15, 0.2) is 11.5 Å². The van der Waals surface area contributed by atoms with Crippen LogP contribution in [0.2, 0.25) is 0 Å². The zero-order chi connectivity index (χ0) is 22.5. The summed E-state index contributed by atoms with van der Waals surface area (Å²) in [5.74, 6) is 0.589. The molecule has 168 valence electrons. The normalized spacial score (nSPS) is 16.8. The number of carbonyl (C=O) groups excluding carboxylic acids is 2. The Hall–Kier alpha value is -3.30. The number of imidazole rings is 1. The molecule has 0 radical (unpaired) electrons. The Kier molecular flexibility index (Phi) is 6.77. The Bertz CT molecular complexity index is 1110. The summed E-state index contributed by atoms with van der Waals surface area (Å²) in [7, 11) is 0. The SMILES string of the molecule is Cc1cc(Nc2nccn3c(C)cnc23)ccc1C(=O)NCCCN1CCNC(C=O)C1. The first kappa shape index (κ1) is 21.9. The van der Waals surface area contributed by atoms with Crippen LogP contribution in [0.4, 0.5) is 11.5 Å². The number of hydrogen-bond acceptors (Lipinski definition) is 7. The summed E-state index contributed by atoms with van der Waals surface area (Å²) in [6.45, 7) is 7.85. The highest BCUT2D eigenvalue weighted by atomic mass is 16.1. The fourth-order valence-electron chi connectivity index (χ4n) is 4.00. The molecule has 1 amide bonds. The molecule has 3 heterocycles. The van der Waals surface area contributed by atoms with Gasteiger partial charge in [-0.25, -0.2) is 9.97 Å². The van der Waals surface area contributed by atoms with E-state index >= 15 is 0 Å². The molecule has 3 N–H and O–H groups in total. The lowest BCUT2D eigenvalue weighted by molar-refractivity contribution is -0.110. The molecule has 1 fully saturated rings. The Labute approximate surface area is 187 Å². The minimum atomic E-state index is -0.0900. The minimum absolute atomic E-state index is 0.0794. The summed E-state index contributed by atoms with van der Waals surface area (Å²) in [5, 5.41) is 9.48. The maximum absolute atomic E-state index is 12.6. The highest BCUT2D eigenvalue weighted by Gasteiger charge is 2.18. The third kappa shape index (κ3) is 4.95. The van der Waals surface area contributed by atoms with Gasteiger partial charge in [-0.2, -0.15) is 0 Å². The fraction of sp³-hybridized carbons (Fsp3) is 0.391. The predicted octanol–water partition coefficient (Wildman–Crippen LogP) is 1.68. The Balaban J connectivity index is 1.31. The number of rotatable bonds is 8. The molecule has 0 bridgehead atoms. The van der Waals surface area contributed by atoms with E-state index in [1.165, 1.54) is 0 Å². The van der Waals surface area contributed by atoms with Crippen molar-refractivity contribution in [2.45, 2.75) is 26.3 Å². The largest absolute Gasteiger partial charge is 0.352 e. The average Bonchev–Trinajstić information content (AvgIpc) is 3.19. The number of fused-ring (bicyclic) bond motifs is 1. The van der Waals surface area contributed by atoms with E-state index in [2.05, 4.69) is 30.8 Å². The smallest absolute Gasteiger partial charge is 0.251 e. The zero-order valence-electron chi connectivity index (χ0n) is 18.5. The topological polar surface area (TPSA) is 104 Å². The van der Waals surface area contributed by atoms with Gasteiger partial charge in [0.1, 0.15) is 6.29 Å². The van der Waals surface area contributed by atoms with Gasteiger partial charge < -0.3 is 25.6 Å². The first-order valence-electron chi connectivity index (χ1n) is 10.9. The second-order valence-electron chi connectivity index (χ2n) is 8.13. The van der Waals surface area contributed by atoms with Crippen molar-refractivity contribution >= 4 is 29.3 Å². The fourth-order valence-corrected chi connectivity index (χ4v) is 4.00. The van der Waals surface area contributed by atoms with Crippen LogP contribution in [0.3, 0.4) is 0 Å². The highest BCUT2D eigenvalue weighted by Crippen LogP contribution is 2.22. The first-order valence-corrected chi connectivity index (χ1v) is 10.9. The molecule has 0 aliphatic carbocycles. The van der Waals surface area contributed by atoms with Gasteiger partial charge in [0, 0.05) is 61.7 Å². The van der Waals surface area contributed by atoms with Crippen molar-refractivity contribution in [1.82, 2.24) is 29.9 Å². The predicted molar refractivity (Wildman–Crippen MR) is 123 cm³/mol. The van der Waals surface area contributed by atoms with Gasteiger partial charge in [-0.05, 0) is 50.6 Å². The summed E-state index contributed by atoms with van der Waals surface area (Å²) in [6, 6.07) is 5.56. The van der Waals surface area contributed by atoms with Crippen LogP contribution in [-0.4, -0.2) is 70.2 Å². The van der Waals surface area contributed by atoms with Gasteiger partial charge in [-0.3, -0.25) is 9.20 Å². The molecule has 1 aliphatic rings. The van der Waals surface area contributed by atoms with E-state index in [4.69, 9.17) is 0 Å². The van der Waals surface area contributed by atoms with Crippen LogP contribution >= 0.6 is 0 Å². The maximum Gasteiger partial charge on any atom is 0.251 e. The third-order valence-corrected chi connectivity index (χ3v) is 5.74. The van der Waals surface area contributed by atoms with Gasteiger partial charge in [0.2, 0.25) is 0 Å². The van der Waals surface area contributed by atoms with Crippen molar-refractivity contribution in [3.05, 3.63) is 53.6 Å². The van der Waals surface area contributed by atoms with E-state index < -0.39 is 0 Å². The summed E-state index contributed by atoms with van der Waals surface area (Å²) < 4.78 is 1.98. The van der Waals surface area contributed by atoms with Gasteiger partial charge >= 0.3 is 0 Å². The second kappa shape index (κ2) is 9.88. The highest BCUT2D eigenvalue weighted by molar-refractivity contribution is 5.96. The number of piperazine rings is 1. The number of benzene rings is 1. The molecule has 1 aromatic carbocycles. The number of nitrogens with one attached hydrogen (secondary N) is 3. The molecule has 1 aliphatic heterocycles. The molecular weight excluding hydrogens is 406 g/mol. The first-order chi connectivity index (χ1) is 15.5. The molecule has 0 spiro atoms. The van der Waals surface area contributed by atoms with Crippen LogP contribution in [0.1, 0.15) is 28.0 Å². The minimum Gasteiger partial charge on any atom is -0.352 e. The van der Waals surface area contributed by atoms with E-state index in [1.807, 2.05) is 48.8 Å². The maximum atomic E-state index is 12.6. The molecular formula is C23H29N7O2. The molecule has 1 atom stereocenters. The molecule has 1 unspecified atom stereocenters. The molecule has 0 saturated carbocycles. The lowest BCUT2D eigenvalue weighted by atomic mass is 10.1. The number of nitrogens with zero attached hydrogens (tertiary/aromatic N) is 4. The number of anilines is 2. The van der Waals surface area contributed by atoms with E-state index in [9.17, 15) is 9.59 Å². The third-order valence-electron chi connectivity index (χ3n) is 5.74. The quantitative estimate of drug-likeness (QED) is 0.365. The van der Waals surface area contributed by atoms with Crippen molar-refractivity contribution in [3.63, 3.8) is 0 Å². The van der Waals surface area contributed by atoms with Gasteiger partial charge in [0.25, 0.3) is 5.91 Å². The lowest BCUT2D eigenvalue weighted by Crippen LogP contribution is -2.51. The van der Waals surface area contributed by atoms with Crippen molar-refractivity contribution in [3.8, 4) is 0 Å². The summed E-state index contributed by atoms with van der Waals surface area (Å²) >= 11 is 0. The van der Waals surface area contributed by atoms with Gasteiger partial charge in [-0.1, -0.05) is 0 Å². The Morgan fingerprint density at radius 3 is 3.00 bits per heavy atom. The molecule has 1 saturated heterocycles. The van der Waals surface area contributed by atoms with Crippen molar-refractivity contribution in [2.24, 2.45) is 0 Å². The van der Waals surface area contributed by atoms with Gasteiger partial charge in [0.05, 0.1) is 6.04 Å². The van der Waals surface area contributed by atoms with Crippen LogP contribution < -0.4 is 16.0 Å². The van der Waals surface area contributed by atoms with Crippen LogP contribution in [-0.2, 0) is 4.79 Å². The summed E-state index contributed by atoms with van der Waals surface area (Å²) in [6.07, 6.45) is 7.23. The Morgan fingerprint density at radius 2 is 2.19 bits per heavy atom. The summed E-state index contributed by atoms with van der Waals surface area (Å²) in [5.41, 5.74) is 4.18. The lowest BCUT2D eigenvalue weighted by Gasteiger charge is -2.30. The van der Waals surface area contributed by atoms with E-state index in [1.54, 1.807) is 6.20 Å². The number of amides is 1. The number of hydrogen-bond donors (Lipinski definition) is 3. The van der Waals surface area contributed by atoms with Crippen molar-refractivity contribution < 1.29 is 9.59 Å². The zero-order valence-corrected chi connectivity index (χ0v) is 18.5. The molecule has 4 rings (SSSR count). The number of aryl methyl sites for hydroxylation is 2. The van der Waals surface area contributed by atoms with Crippen LogP contribution in [0.15, 0.2) is 36.8 Å². The molecule has 2 aromatic heterocycles. The number of carbonyl (C=O) groups is 2. The summed E-state index contributed by atoms with van der Waals surface area (Å²) in [4.78, 5) is 34.6. The van der Waals surface area contributed by atoms with Crippen LogP contribution in [0.5, 0.6) is 0 Å². The van der Waals surface area contributed by atoms with Crippen LogP contribution in [0.25, 0.3) is 5.65 Å². The Morgan fingerprint density at radius 1 is 1.31 bits per heavy atom. The monoisotopic (exact) mass is 435 g/mol. The molecule has 32 heavy (non-hydrogen) atoms. The van der Waals surface area contributed by atoms with E-state index in [-0.39, 0.29) is 11.9 Å². The number of aldehydes is 1. The van der Waals surface area contributed by atoms with Crippen molar-refractivity contribution in [1.29, 1.82) is 0 Å². The second-order valence-corrected chi connectivity index (χ2v) is 8.13. The standard InChI is InChI=1S/C23H29N7O2/c1-16-12-18(28-21-22-27-13-17(2)30(22)11-8-25-21)4-5-20(16)23(32)26-6-3-9-29-10-7-24-19(14-29)15-31/h4-5,8,11-13,15,19,24H,3,6-7,9-10,14H2,1-2H3,(H,25,28)(H,26,32). The molecule has 9 heteroatoms. The van der Waals surface area contributed by atoms with E-state index in [0.717, 1.165) is 61.5 Å².